The minimum atomic E-state index is -0.990. The van der Waals surface area contributed by atoms with Crippen LogP contribution >= 0.6 is 0 Å². The Labute approximate surface area is 143 Å². The first-order valence-corrected chi connectivity index (χ1v) is 7.60. The topological polar surface area (TPSA) is 98.3 Å². The molecule has 0 saturated heterocycles. The van der Waals surface area contributed by atoms with Crippen molar-refractivity contribution in [2.75, 3.05) is 0 Å². The normalized spacial score (nSPS) is 10.6. The van der Waals surface area contributed by atoms with Crippen molar-refractivity contribution in [3.63, 3.8) is 0 Å². The van der Waals surface area contributed by atoms with Gasteiger partial charge in [0.15, 0.2) is 0 Å². The molecule has 0 radical (unpaired) electrons. The van der Waals surface area contributed by atoms with E-state index >= 15 is 0 Å². The van der Waals surface area contributed by atoms with Gasteiger partial charge < -0.3 is 9.67 Å². The number of nitro benzene ring substituents is 1. The highest BCUT2D eigenvalue weighted by molar-refractivity contribution is 5.89. The maximum atomic E-state index is 11.3. The van der Waals surface area contributed by atoms with Gasteiger partial charge in [-0.15, -0.1) is 0 Å². The fourth-order valence-electron chi connectivity index (χ4n) is 2.71. The van der Waals surface area contributed by atoms with Crippen LogP contribution in [0.25, 0.3) is 0 Å². The van der Waals surface area contributed by atoms with E-state index < -0.39 is 10.9 Å². The summed E-state index contributed by atoms with van der Waals surface area (Å²) in [5, 5.41) is 20.5. The van der Waals surface area contributed by atoms with Gasteiger partial charge in [0, 0.05) is 37.0 Å². The molecule has 126 valence electrons. The van der Waals surface area contributed by atoms with Gasteiger partial charge in [0.2, 0.25) is 0 Å². The first kappa shape index (κ1) is 16.4. The Morgan fingerprint density at radius 3 is 2.52 bits per heavy atom. The molecule has 0 aliphatic rings. The summed E-state index contributed by atoms with van der Waals surface area (Å²) >= 11 is 0. The SMILES string of the molecule is O=C(O)c1ccccc1Cn1ccnc1Cc1ccccc1[N+](=O)[O-]. The maximum Gasteiger partial charge on any atom is 0.336 e. The van der Waals surface area contributed by atoms with Crippen molar-refractivity contribution in [2.24, 2.45) is 0 Å². The molecule has 3 aromatic rings. The van der Waals surface area contributed by atoms with Crippen LogP contribution < -0.4 is 0 Å². The molecule has 0 unspecified atom stereocenters. The summed E-state index contributed by atoms with van der Waals surface area (Å²) in [6.45, 7) is 0.332. The summed E-state index contributed by atoms with van der Waals surface area (Å²) in [6.07, 6.45) is 3.63. The number of benzene rings is 2. The highest BCUT2D eigenvalue weighted by Gasteiger charge is 2.16. The first-order valence-electron chi connectivity index (χ1n) is 7.60. The van der Waals surface area contributed by atoms with Crippen LogP contribution in [0, 0.1) is 10.1 Å². The van der Waals surface area contributed by atoms with Gasteiger partial charge in [-0.1, -0.05) is 36.4 Å². The van der Waals surface area contributed by atoms with Gasteiger partial charge in [-0.2, -0.15) is 0 Å². The zero-order valence-corrected chi connectivity index (χ0v) is 13.2. The first-order chi connectivity index (χ1) is 12.1. The van der Waals surface area contributed by atoms with Crippen molar-refractivity contribution < 1.29 is 14.8 Å². The summed E-state index contributed by atoms with van der Waals surface area (Å²) in [5.74, 6) is -0.356. The van der Waals surface area contributed by atoms with Crippen LogP contribution in [0.2, 0.25) is 0 Å². The number of hydrogen-bond donors (Lipinski definition) is 1. The molecular formula is C18H15N3O4. The lowest BCUT2D eigenvalue weighted by Crippen LogP contribution is -2.10. The third-order valence-electron chi connectivity index (χ3n) is 3.93. The number of hydrogen-bond acceptors (Lipinski definition) is 4. The van der Waals surface area contributed by atoms with Gasteiger partial charge in [0.25, 0.3) is 5.69 Å². The molecule has 0 fully saturated rings. The van der Waals surface area contributed by atoms with Crippen LogP contribution in [0.3, 0.4) is 0 Å². The van der Waals surface area contributed by atoms with Crippen LogP contribution in [0.1, 0.15) is 27.3 Å². The average Bonchev–Trinajstić information content (AvgIpc) is 3.02. The van der Waals surface area contributed by atoms with Crippen LogP contribution in [-0.2, 0) is 13.0 Å². The van der Waals surface area contributed by atoms with Gasteiger partial charge in [-0.3, -0.25) is 10.1 Å². The van der Waals surface area contributed by atoms with E-state index in [9.17, 15) is 20.0 Å². The Bertz CT molecular complexity index is 859. The maximum absolute atomic E-state index is 11.3. The van der Waals surface area contributed by atoms with Crippen LogP contribution in [0.5, 0.6) is 0 Å². The number of imidazole rings is 1. The summed E-state index contributed by atoms with van der Waals surface area (Å²) in [4.78, 5) is 26.4. The zero-order valence-electron chi connectivity index (χ0n) is 13.2. The van der Waals surface area contributed by atoms with Gasteiger partial charge in [0.05, 0.1) is 10.5 Å². The lowest BCUT2D eigenvalue weighted by Gasteiger charge is -2.10. The summed E-state index contributed by atoms with van der Waals surface area (Å²) in [6, 6.07) is 13.3. The molecule has 0 aliphatic carbocycles. The number of carboxylic acids is 1. The summed E-state index contributed by atoms with van der Waals surface area (Å²) in [7, 11) is 0. The van der Waals surface area contributed by atoms with Crippen molar-refractivity contribution in [1.82, 2.24) is 9.55 Å². The van der Waals surface area contributed by atoms with E-state index in [0.29, 0.717) is 29.9 Å². The Hall–Kier alpha value is -3.48. The van der Waals surface area contributed by atoms with Crippen LogP contribution in [0.15, 0.2) is 60.9 Å². The Morgan fingerprint density at radius 2 is 1.80 bits per heavy atom. The Morgan fingerprint density at radius 1 is 1.12 bits per heavy atom. The van der Waals surface area contributed by atoms with Crippen molar-refractivity contribution in [3.8, 4) is 0 Å². The highest BCUT2D eigenvalue weighted by atomic mass is 16.6. The number of carbonyl (C=O) groups is 1. The number of aromatic nitrogens is 2. The molecule has 2 aromatic carbocycles. The van der Waals surface area contributed by atoms with Crippen molar-refractivity contribution >= 4 is 11.7 Å². The number of nitro groups is 1. The van der Waals surface area contributed by atoms with E-state index in [4.69, 9.17) is 0 Å². The number of nitrogens with zero attached hydrogens (tertiary/aromatic N) is 3. The van der Waals surface area contributed by atoms with Crippen molar-refractivity contribution in [2.45, 2.75) is 13.0 Å². The van der Waals surface area contributed by atoms with E-state index in [1.54, 1.807) is 59.4 Å². The molecule has 25 heavy (non-hydrogen) atoms. The second-order valence-electron chi connectivity index (χ2n) is 5.50. The molecule has 1 heterocycles. The van der Waals surface area contributed by atoms with E-state index in [0.717, 1.165) is 0 Å². The minimum absolute atomic E-state index is 0.0444. The predicted octanol–water partition coefficient (Wildman–Crippen LogP) is 3.13. The number of para-hydroxylation sites is 1. The molecule has 7 nitrogen and oxygen atoms in total. The van der Waals surface area contributed by atoms with Crippen LogP contribution in [-0.4, -0.2) is 25.6 Å². The van der Waals surface area contributed by atoms with Crippen molar-refractivity contribution in [3.05, 3.63) is 93.6 Å². The van der Waals surface area contributed by atoms with E-state index in [1.165, 1.54) is 6.07 Å². The highest BCUT2D eigenvalue weighted by Crippen LogP contribution is 2.21. The Balaban J connectivity index is 1.90. The molecule has 7 heteroatoms. The van der Waals surface area contributed by atoms with Gasteiger partial charge in [-0.05, 0) is 11.6 Å². The smallest absolute Gasteiger partial charge is 0.336 e. The third-order valence-corrected chi connectivity index (χ3v) is 3.93. The van der Waals surface area contributed by atoms with Gasteiger partial charge in [0.1, 0.15) is 5.82 Å². The van der Waals surface area contributed by atoms with E-state index in [-0.39, 0.29) is 11.3 Å². The second-order valence-corrected chi connectivity index (χ2v) is 5.50. The summed E-state index contributed by atoms with van der Waals surface area (Å²) in [5.41, 5.74) is 1.49. The van der Waals surface area contributed by atoms with Gasteiger partial charge in [-0.25, -0.2) is 9.78 Å². The van der Waals surface area contributed by atoms with Crippen molar-refractivity contribution in [1.29, 1.82) is 0 Å². The molecule has 0 amide bonds. The number of carboxylic acid groups (broad SMARTS) is 1. The third kappa shape index (κ3) is 3.55. The summed E-state index contributed by atoms with van der Waals surface area (Å²) < 4.78 is 1.80. The monoisotopic (exact) mass is 337 g/mol. The molecule has 0 atom stereocenters. The molecule has 0 spiro atoms. The standard InChI is InChI=1S/C18H15N3O4/c22-18(23)15-7-3-1-6-14(15)12-20-10-9-19-17(20)11-13-5-2-4-8-16(13)21(24)25/h1-10H,11-12H2,(H,22,23). The molecule has 0 aliphatic heterocycles. The molecule has 0 saturated carbocycles. The lowest BCUT2D eigenvalue weighted by molar-refractivity contribution is -0.385. The fourth-order valence-corrected chi connectivity index (χ4v) is 2.71. The zero-order chi connectivity index (χ0) is 17.8. The molecule has 1 aromatic heterocycles. The van der Waals surface area contributed by atoms with E-state index in [1.807, 2.05) is 0 Å². The molecule has 0 bridgehead atoms. The average molecular weight is 337 g/mol. The fraction of sp³-hybridized carbons (Fsp3) is 0.111. The van der Waals surface area contributed by atoms with Gasteiger partial charge >= 0.3 is 5.97 Å². The lowest BCUT2D eigenvalue weighted by atomic mass is 10.1. The largest absolute Gasteiger partial charge is 0.478 e. The minimum Gasteiger partial charge on any atom is -0.478 e. The van der Waals surface area contributed by atoms with Crippen LogP contribution in [0.4, 0.5) is 5.69 Å². The molecule has 3 rings (SSSR count). The quantitative estimate of drug-likeness (QED) is 0.550. The molecular weight excluding hydrogens is 322 g/mol. The Kier molecular flexibility index (Phi) is 4.56. The number of rotatable bonds is 6. The van der Waals surface area contributed by atoms with E-state index in [2.05, 4.69) is 4.98 Å². The predicted molar refractivity (Wildman–Crippen MR) is 90.6 cm³/mol. The second kappa shape index (κ2) is 6.96. The molecule has 1 N–H and O–H groups in total. The number of aromatic carboxylic acids is 1.